The highest BCUT2D eigenvalue weighted by atomic mass is 35.5. The molecule has 1 N–H and O–H groups in total. The van der Waals surface area contributed by atoms with Crippen LogP contribution in [0.3, 0.4) is 0 Å². The molecule has 0 bridgehead atoms. The van der Waals surface area contributed by atoms with E-state index in [1.165, 1.54) is 19.2 Å². The number of rotatable bonds is 5. The van der Waals surface area contributed by atoms with Crippen LogP contribution in [0.15, 0.2) is 48.7 Å². The summed E-state index contributed by atoms with van der Waals surface area (Å²) in [6.45, 7) is 3.37. The molecular formula is C17H17ClN2O3. The van der Waals surface area contributed by atoms with E-state index in [9.17, 15) is 9.59 Å². The molecule has 0 radical (unpaired) electrons. The van der Waals surface area contributed by atoms with Crippen LogP contribution in [-0.4, -0.2) is 23.0 Å². The number of benzene rings is 1. The van der Waals surface area contributed by atoms with Crippen LogP contribution < -0.4 is 5.32 Å². The summed E-state index contributed by atoms with van der Waals surface area (Å²) in [7, 11) is 0. The summed E-state index contributed by atoms with van der Waals surface area (Å²) in [5, 5.41) is 2.85. The van der Waals surface area contributed by atoms with Gasteiger partial charge in [-0.05, 0) is 31.5 Å². The van der Waals surface area contributed by atoms with Gasteiger partial charge in [0.25, 0.3) is 5.91 Å². The van der Waals surface area contributed by atoms with Crippen molar-refractivity contribution in [3.05, 3.63) is 64.9 Å². The molecule has 2 unspecified atom stereocenters. The number of nitrogens with one attached hydrogen (secondary N) is 1. The van der Waals surface area contributed by atoms with Gasteiger partial charge in [0.15, 0.2) is 6.10 Å². The summed E-state index contributed by atoms with van der Waals surface area (Å²) in [4.78, 5) is 28.0. The highest BCUT2D eigenvalue weighted by Gasteiger charge is 2.22. The fourth-order valence-corrected chi connectivity index (χ4v) is 2.17. The number of hydrogen-bond donors (Lipinski definition) is 1. The summed E-state index contributed by atoms with van der Waals surface area (Å²) < 4.78 is 5.14. The molecule has 2 aromatic rings. The van der Waals surface area contributed by atoms with Crippen LogP contribution in [-0.2, 0) is 9.53 Å². The van der Waals surface area contributed by atoms with Crippen LogP contribution in [0.1, 0.15) is 35.8 Å². The molecule has 120 valence electrons. The molecule has 1 aromatic heterocycles. The van der Waals surface area contributed by atoms with Gasteiger partial charge in [-0.25, -0.2) is 9.78 Å². The first kappa shape index (κ1) is 17.0. The Kier molecular flexibility index (Phi) is 5.71. The Bertz CT molecular complexity index is 691. The standard InChI is InChI=1S/C17H17ClN2O3/c1-11(13-7-4-3-5-8-13)20-16(21)12(2)23-17(22)14-9-6-10-19-15(14)18/h3-12H,1-2H3,(H,20,21). The second kappa shape index (κ2) is 7.74. The number of carbonyl (C=O) groups excluding carboxylic acids is 2. The van der Waals surface area contributed by atoms with E-state index >= 15 is 0 Å². The lowest BCUT2D eigenvalue weighted by Crippen LogP contribution is -2.37. The van der Waals surface area contributed by atoms with Crippen molar-refractivity contribution in [2.24, 2.45) is 0 Å². The molecule has 0 aliphatic heterocycles. The summed E-state index contributed by atoms with van der Waals surface area (Å²) >= 11 is 5.83. The molecule has 1 amide bonds. The number of halogens is 1. The lowest BCUT2D eigenvalue weighted by molar-refractivity contribution is -0.129. The average Bonchev–Trinajstić information content (AvgIpc) is 2.55. The molecular weight excluding hydrogens is 316 g/mol. The van der Waals surface area contributed by atoms with Crippen LogP contribution >= 0.6 is 11.6 Å². The fourth-order valence-electron chi connectivity index (χ4n) is 1.97. The molecule has 0 saturated heterocycles. The summed E-state index contributed by atoms with van der Waals surface area (Å²) in [5.74, 6) is -1.06. The Morgan fingerprint density at radius 1 is 1.13 bits per heavy atom. The number of amides is 1. The van der Waals surface area contributed by atoms with Crippen LogP contribution in [0, 0.1) is 0 Å². The Morgan fingerprint density at radius 3 is 2.48 bits per heavy atom. The van der Waals surface area contributed by atoms with Gasteiger partial charge in [-0.15, -0.1) is 0 Å². The number of nitrogens with zero attached hydrogens (tertiary/aromatic N) is 1. The molecule has 0 spiro atoms. The van der Waals surface area contributed by atoms with Gasteiger partial charge in [-0.1, -0.05) is 41.9 Å². The second-order valence-electron chi connectivity index (χ2n) is 5.03. The Hall–Kier alpha value is -2.40. The molecule has 23 heavy (non-hydrogen) atoms. The summed E-state index contributed by atoms with van der Waals surface area (Å²) in [6, 6.07) is 12.4. The molecule has 0 fully saturated rings. The van der Waals surface area contributed by atoms with E-state index in [0.29, 0.717) is 0 Å². The average molecular weight is 333 g/mol. The first-order chi connectivity index (χ1) is 11.0. The maximum absolute atomic E-state index is 12.1. The highest BCUT2D eigenvalue weighted by Crippen LogP contribution is 2.15. The van der Waals surface area contributed by atoms with E-state index < -0.39 is 12.1 Å². The largest absolute Gasteiger partial charge is 0.449 e. The van der Waals surface area contributed by atoms with Gasteiger partial charge in [-0.3, -0.25) is 4.79 Å². The highest BCUT2D eigenvalue weighted by molar-refractivity contribution is 6.32. The molecule has 0 aliphatic carbocycles. The van der Waals surface area contributed by atoms with Crippen molar-refractivity contribution in [1.82, 2.24) is 10.3 Å². The first-order valence-electron chi connectivity index (χ1n) is 7.16. The van der Waals surface area contributed by atoms with Gasteiger partial charge in [0.2, 0.25) is 0 Å². The third-order valence-electron chi connectivity index (χ3n) is 3.29. The second-order valence-corrected chi connectivity index (χ2v) is 5.39. The van der Waals surface area contributed by atoms with Crippen molar-refractivity contribution in [2.45, 2.75) is 26.0 Å². The monoisotopic (exact) mass is 332 g/mol. The van der Waals surface area contributed by atoms with Crippen LogP contribution in [0.2, 0.25) is 5.15 Å². The van der Waals surface area contributed by atoms with Crippen molar-refractivity contribution in [2.75, 3.05) is 0 Å². The lowest BCUT2D eigenvalue weighted by atomic mass is 10.1. The minimum Gasteiger partial charge on any atom is -0.449 e. The van der Waals surface area contributed by atoms with E-state index in [1.54, 1.807) is 6.07 Å². The molecule has 5 nitrogen and oxygen atoms in total. The molecule has 0 aliphatic rings. The quantitative estimate of drug-likeness (QED) is 0.674. The molecule has 0 saturated carbocycles. The third kappa shape index (κ3) is 4.53. The van der Waals surface area contributed by atoms with E-state index in [4.69, 9.17) is 16.3 Å². The third-order valence-corrected chi connectivity index (χ3v) is 3.59. The summed E-state index contributed by atoms with van der Waals surface area (Å²) in [6.07, 6.45) is 0.529. The Balaban J connectivity index is 1.95. The van der Waals surface area contributed by atoms with Crippen LogP contribution in [0.25, 0.3) is 0 Å². The van der Waals surface area contributed by atoms with Crippen molar-refractivity contribution in [3.63, 3.8) is 0 Å². The van der Waals surface area contributed by atoms with Crippen LogP contribution in [0.4, 0.5) is 0 Å². The molecule has 1 aromatic carbocycles. The van der Waals surface area contributed by atoms with Crippen LogP contribution in [0.5, 0.6) is 0 Å². The van der Waals surface area contributed by atoms with Gasteiger partial charge < -0.3 is 10.1 Å². The van der Waals surface area contributed by atoms with Crippen molar-refractivity contribution in [1.29, 1.82) is 0 Å². The maximum Gasteiger partial charge on any atom is 0.342 e. The SMILES string of the molecule is CC(OC(=O)c1cccnc1Cl)C(=O)NC(C)c1ccccc1. The number of esters is 1. The van der Waals surface area contributed by atoms with Crippen molar-refractivity contribution < 1.29 is 14.3 Å². The molecule has 1 heterocycles. The van der Waals surface area contributed by atoms with E-state index in [2.05, 4.69) is 10.3 Å². The fraction of sp³-hybridized carbons (Fsp3) is 0.235. The Morgan fingerprint density at radius 2 is 1.83 bits per heavy atom. The van der Waals surface area contributed by atoms with Gasteiger partial charge in [0, 0.05) is 6.20 Å². The Labute approximate surface area is 139 Å². The zero-order valence-corrected chi connectivity index (χ0v) is 13.6. The van der Waals surface area contributed by atoms with Gasteiger partial charge in [-0.2, -0.15) is 0 Å². The number of aromatic nitrogens is 1. The number of ether oxygens (including phenoxy) is 1. The van der Waals surface area contributed by atoms with E-state index in [1.807, 2.05) is 37.3 Å². The topological polar surface area (TPSA) is 68.3 Å². The number of hydrogen-bond acceptors (Lipinski definition) is 4. The molecule has 2 atom stereocenters. The number of pyridine rings is 1. The molecule has 2 rings (SSSR count). The molecule has 6 heteroatoms. The zero-order chi connectivity index (χ0) is 16.8. The maximum atomic E-state index is 12.1. The predicted molar refractivity (Wildman–Crippen MR) is 87.1 cm³/mol. The van der Waals surface area contributed by atoms with Crippen molar-refractivity contribution >= 4 is 23.5 Å². The normalized spacial score (nSPS) is 13.0. The minimum atomic E-state index is -0.940. The zero-order valence-electron chi connectivity index (χ0n) is 12.8. The number of carbonyl (C=O) groups is 2. The van der Waals surface area contributed by atoms with Crippen molar-refractivity contribution in [3.8, 4) is 0 Å². The summed E-state index contributed by atoms with van der Waals surface area (Å²) in [5.41, 5.74) is 1.10. The van der Waals surface area contributed by atoms with E-state index in [-0.39, 0.29) is 22.7 Å². The minimum absolute atomic E-state index is 0.0442. The predicted octanol–water partition coefficient (Wildman–Crippen LogP) is 3.16. The smallest absolute Gasteiger partial charge is 0.342 e. The lowest BCUT2D eigenvalue weighted by Gasteiger charge is -2.18. The van der Waals surface area contributed by atoms with Gasteiger partial charge in [0.1, 0.15) is 5.15 Å². The first-order valence-corrected chi connectivity index (χ1v) is 7.53. The van der Waals surface area contributed by atoms with Gasteiger partial charge in [0.05, 0.1) is 11.6 Å². The van der Waals surface area contributed by atoms with Gasteiger partial charge >= 0.3 is 5.97 Å². The van der Waals surface area contributed by atoms with E-state index in [0.717, 1.165) is 5.56 Å².